The van der Waals surface area contributed by atoms with E-state index < -0.39 is 0 Å². The first-order valence-electron chi connectivity index (χ1n) is 5.68. The van der Waals surface area contributed by atoms with Crippen molar-refractivity contribution in [3.05, 3.63) is 11.1 Å². The van der Waals surface area contributed by atoms with Gasteiger partial charge in [0.05, 0.1) is 11.7 Å². The van der Waals surface area contributed by atoms with Crippen LogP contribution >= 0.6 is 11.6 Å². The summed E-state index contributed by atoms with van der Waals surface area (Å²) >= 11 is 6.20. The van der Waals surface area contributed by atoms with Crippen LogP contribution in [-0.2, 0) is 9.47 Å². The summed E-state index contributed by atoms with van der Waals surface area (Å²) in [4.78, 5) is 0. The molecule has 0 aromatic rings. The molecule has 1 aliphatic rings. The maximum Gasteiger partial charge on any atom is 0.0980 e. The van der Waals surface area contributed by atoms with Gasteiger partial charge in [-0.2, -0.15) is 0 Å². The van der Waals surface area contributed by atoms with E-state index in [0.717, 1.165) is 37.5 Å². The predicted octanol–water partition coefficient (Wildman–Crippen LogP) is 3.49. The fourth-order valence-corrected chi connectivity index (χ4v) is 1.89. The van der Waals surface area contributed by atoms with Gasteiger partial charge in [-0.05, 0) is 33.1 Å². The van der Waals surface area contributed by atoms with Gasteiger partial charge in [0.15, 0.2) is 0 Å². The lowest BCUT2D eigenvalue weighted by Crippen LogP contribution is -2.34. The molecule has 2 nitrogen and oxygen atoms in total. The van der Waals surface area contributed by atoms with Crippen LogP contribution in [0.4, 0.5) is 0 Å². The highest BCUT2D eigenvalue weighted by molar-refractivity contribution is 6.30. The van der Waals surface area contributed by atoms with Gasteiger partial charge < -0.3 is 9.47 Å². The molecule has 0 spiro atoms. The molecule has 0 bridgehead atoms. The molecule has 1 fully saturated rings. The Bertz CT molecular complexity index is 218. The van der Waals surface area contributed by atoms with E-state index in [1.54, 1.807) is 0 Å². The number of rotatable bonds is 4. The third kappa shape index (κ3) is 4.13. The van der Waals surface area contributed by atoms with Gasteiger partial charge in [-0.25, -0.2) is 0 Å². The van der Waals surface area contributed by atoms with Crippen LogP contribution in [0.15, 0.2) is 11.1 Å². The average molecular weight is 233 g/mol. The van der Waals surface area contributed by atoms with Gasteiger partial charge in [0.1, 0.15) is 0 Å². The lowest BCUT2D eigenvalue weighted by Gasteiger charge is -2.32. The van der Waals surface area contributed by atoms with Crippen molar-refractivity contribution in [2.24, 2.45) is 0 Å². The number of allylic oxidation sites excluding steroid dienone is 1. The van der Waals surface area contributed by atoms with E-state index in [0.29, 0.717) is 0 Å². The molecule has 0 atom stereocenters. The van der Waals surface area contributed by atoms with Crippen LogP contribution in [0.3, 0.4) is 0 Å². The minimum atomic E-state index is -0.362. The van der Waals surface area contributed by atoms with Crippen molar-refractivity contribution in [1.82, 2.24) is 0 Å². The summed E-state index contributed by atoms with van der Waals surface area (Å²) in [6, 6.07) is 0. The summed E-state index contributed by atoms with van der Waals surface area (Å²) in [6.07, 6.45) is 5.19. The SMILES string of the molecule is CC/C=C(/Cl)C(C)(C)OC1CCOCC1. The Morgan fingerprint density at radius 1 is 1.47 bits per heavy atom. The normalized spacial score (nSPS) is 20.7. The van der Waals surface area contributed by atoms with Gasteiger partial charge in [-0.1, -0.05) is 24.6 Å². The molecule has 0 saturated carbocycles. The summed E-state index contributed by atoms with van der Waals surface area (Å²) in [5.41, 5.74) is -0.362. The summed E-state index contributed by atoms with van der Waals surface area (Å²) in [5, 5.41) is 0.802. The molecule has 1 saturated heterocycles. The van der Waals surface area contributed by atoms with Gasteiger partial charge in [0, 0.05) is 18.2 Å². The lowest BCUT2D eigenvalue weighted by atomic mass is 10.1. The van der Waals surface area contributed by atoms with E-state index in [2.05, 4.69) is 6.92 Å². The first-order valence-corrected chi connectivity index (χ1v) is 6.05. The largest absolute Gasteiger partial charge is 0.381 e. The first-order chi connectivity index (χ1) is 7.06. The zero-order chi connectivity index (χ0) is 11.3. The second kappa shape index (κ2) is 5.88. The highest BCUT2D eigenvalue weighted by atomic mass is 35.5. The highest BCUT2D eigenvalue weighted by Gasteiger charge is 2.27. The predicted molar refractivity (Wildman–Crippen MR) is 63.2 cm³/mol. The summed E-state index contributed by atoms with van der Waals surface area (Å²) < 4.78 is 11.3. The molecule has 0 amide bonds. The molecular weight excluding hydrogens is 212 g/mol. The molecule has 0 aromatic heterocycles. The Labute approximate surface area is 97.6 Å². The molecule has 1 heterocycles. The van der Waals surface area contributed by atoms with E-state index >= 15 is 0 Å². The Morgan fingerprint density at radius 2 is 2.07 bits per heavy atom. The zero-order valence-corrected chi connectivity index (χ0v) is 10.6. The summed E-state index contributed by atoms with van der Waals surface area (Å²) in [5.74, 6) is 0. The molecular formula is C12H21ClO2. The van der Waals surface area contributed by atoms with Gasteiger partial charge in [0.2, 0.25) is 0 Å². The first kappa shape index (κ1) is 13.0. The Morgan fingerprint density at radius 3 is 2.60 bits per heavy atom. The second-order valence-corrected chi connectivity index (χ2v) is 4.81. The number of hydrogen-bond donors (Lipinski definition) is 0. The standard InChI is InChI=1S/C12H21ClO2/c1-4-5-11(13)12(2,3)15-10-6-8-14-9-7-10/h5,10H,4,6-9H2,1-3H3/b11-5+. The van der Waals surface area contributed by atoms with E-state index in [1.807, 2.05) is 19.9 Å². The van der Waals surface area contributed by atoms with Crippen LogP contribution in [0.25, 0.3) is 0 Å². The molecule has 15 heavy (non-hydrogen) atoms. The maximum absolute atomic E-state index is 6.20. The van der Waals surface area contributed by atoms with E-state index in [4.69, 9.17) is 21.1 Å². The van der Waals surface area contributed by atoms with Crippen molar-refractivity contribution < 1.29 is 9.47 Å². The van der Waals surface area contributed by atoms with Crippen molar-refractivity contribution in [1.29, 1.82) is 0 Å². The third-order valence-corrected chi connectivity index (χ3v) is 3.20. The highest BCUT2D eigenvalue weighted by Crippen LogP contribution is 2.28. The molecule has 0 radical (unpaired) electrons. The van der Waals surface area contributed by atoms with E-state index in [-0.39, 0.29) is 11.7 Å². The van der Waals surface area contributed by atoms with Gasteiger partial charge in [0.25, 0.3) is 0 Å². The molecule has 0 aliphatic carbocycles. The van der Waals surface area contributed by atoms with Crippen molar-refractivity contribution in [3.63, 3.8) is 0 Å². The van der Waals surface area contributed by atoms with Crippen molar-refractivity contribution in [2.45, 2.75) is 51.7 Å². The van der Waals surface area contributed by atoms with Crippen LogP contribution in [0.5, 0.6) is 0 Å². The molecule has 0 N–H and O–H groups in total. The second-order valence-electron chi connectivity index (χ2n) is 4.40. The Kier molecular flexibility index (Phi) is 5.10. The van der Waals surface area contributed by atoms with Gasteiger partial charge >= 0.3 is 0 Å². The minimum Gasteiger partial charge on any atom is -0.381 e. The number of halogens is 1. The number of hydrogen-bond acceptors (Lipinski definition) is 2. The molecule has 1 rings (SSSR count). The van der Waals surface area contributed by atoms with Crippen LogP contribution in [0, 0.1) is 0 Å². The maximum atomic E-state index is 6.20. The van der Waals surface area contributed by atoms with Crippen LogP contribution in [0.1, 0.15) is 40.0 Å². The lowest BCUT2D eigenvalue weighted by molar-refractivity contribution is -0.0895. The van der Waals surface area contributed by atoms with E-state index in [9.17, 15) is 0 Å². The van der Waals surface area contributed by atoms with Crippen LogP contribution in [-0.4, -0.2) is 24.9 Å². The monoisotopic (exact) mass is 232 g/mol. The topological polar surface area (TPSA) is 18.5 Å². The quantitative estimate of drug-likeness (QED) is 0.739. The van der Waals surface area contributed by atoms with Gasteiger partial charge in [-0.3, -0.25) is 0 Å². The third-order valence-electron chi connectivity index (χ3n) is 2.59. The number of ether oxygens (including phenoxy) is 2. The van der Waals surface area contributed by atoms with Crippen molar-refractivity contribution in [2.75, 3.05) is 13.2 Å². The smallest absolute Gasteiger partial charge is 0.0980 e. The summed E-state index contributed by atoms with van der Waals surface area (Å²) in [7, 11) is 0. The Balaban J connectivity index is 2.50. The van der Waals surface area contributed by atoms with E-state index in [1.165, 1.54) is 0 Å². The fraction of sp³-hybridized carbons (Fsp3) is 0.833. The average Bonchev–Trinajstić information content (AvgIpc) is 2.19. The van der Waals surface area contributed by atoms with Crippen LogP contribution in [0.2, 0.25) is 0 Å². The van der Waals surface area contributed by atoms with Crippen molar-refractivity contribution in [3.8, 4) is 0 Å². The van der Waals surface area contributed by atoms with Crippen LogP contribution < -0.4 is 0 Å². The zero-order valence-electron chi connectivity index (χ0n) is 9.88. The molecule has 0 unspecified atom stereocenters. The van der Waals surface area contributed by atoms with Gasteiger partial charge in [-0.15, -0.1) is 0 Å². The molecule has 88 valence electrons. The minimum absolute atomic E-state index is 0.285. The molecule has 1 aliphatic heterocycles. The molecule has 3 heteroatoms. The molecule has 0 aromatic carbocycles. The van der Waals surface area contributed by atoms with Crippen molar-refractivity contribution >= 4 is 11.6 Å². The fourth-order valence-electron chi connectivity index (χ4n) is 1.69. The summed E-state index contributed by atoms with van der Waals surface area (Å²) in [6.45, 7) is 7.73. The Hall–Kier alpha value is -0.0500.